The quantitative estimate of drug-likeness (QED) is 0.694. The van der Waals surface area contributed by atoms with Crippen LogP contribution in [0.1, 0.15) is 44.7 Å². The monoisotopic (exact) mass is 202 g/mol. The SMILES string of the molecule is CC(C)c1ccc(C#CC(C)(C)O)cc1. The van der Waals surface area contributed by atoms with Gasteiger partial charge in [0.1, 0.15) is 5.60 Å². The summed E-state index contributed by atoms with van der Waals surface area (Å²) in [6.07, 6.45) is 0. The molecule has 0 aliphatic heterocycles. The molecule has 0 heterocycles. The van der Waals surface area contributed by atoms with Crippen molar-refractivity contribution in [3.05, 3.63) is 35.4 Å². The molecule has 0 saturated heterocycles. The summed E-state index contributed by atoms with van der Waals surface area (Å²) >= 11 is 0. The van der Waals surface area contributed by atoms with Gasteiger partial charge in [0.2, 0.25) is 0 Å². The lowest BCUT2D eigenvalue weighted by molar-refractivity contribution is 0.143. The molecular formula is C14H18O. The highest BCUT2D eigenvalue weighted by atomic mass is 16.3. The van der Waals surface area contributed by atoms with E-state index in [2.05, 4.69) is 37.8 Å². The van der Waals surface area contributed by atoms with Crippen LogP contribution in [-0.2, 0) is 0 Å². The Labute approximate surface area is 92.1 Å². The van der Waals surface area contributed by atoms with Crippen molar-refractivity contribution in [3.63, 3.8) is 0 Å². The highest BCUT2D eigenvalue weighted by Crippen LogP contribution is 2.14. The fourth-order valence-corrected chi connectivity index (χ4v) is 1.18. The van der Waals surface area contributed by atoms with Gasteiger partial charge in [0.25, 0.3) is 0 Å². The number of aliphatic hydroxyl groups is 1. The number of rotatable bonds is 1. The lowest BCUT2D eigenvalue weighted by Gasteiger charge is -2.06. The molecule has 0 radical (unpaired) electrons. The molecule has 80 valence electrons. The second-order valence-electron chi connectivity index (χ2n) is 4.59. The van der Waals surface area contributed by atoms with Gasteiger partial charge in [-0.2, -0.15) is 0 Å². The van der Waals surface area contributed by atoms with Crippen molar-refractivity contribution in [1.29, 1.82) is 0 Å². The first-order valence-corrected chi connectivity index (χ1v) is 5.24. The van der Waals surface area contributed by atoms with Crippen molar-refractivity contribution in [2.24, 2.45) is 0 Å². The van der Waals surface area contributed by atoms with Gasteiger partial charge in [0, 0.05) is 5.56 Å². The van der Waals surface area contributed by atoms with Crippen molar-refractivity contribution >= 4 is 0 Å². The van der Waals surface area contributed by atoms with Crippen molar-refractivity contribution in [2.75, 3.05) is 0 Å². The van der Waals surface area contributed by atoms with Crippen LogP contribution in [-0.4, -0.2) is 10.7 Å². The van der Waals surface area contributed by atoms with Gasteiger partial charge in [0.15, 0.2) is 0 Å². The molecule has 0 aromatic heterocycles. The Morgan fingerprint density at radius 2 is 1.67 bits per heavy atom. The van der Waals surface area contributed by atoms with Crippen molar-refractivity contribution < 1.29 is 5.11 Å². The zero-order valence-electron chi connectivity index (χ0n) is 9.83. The molecular weight excluding hydrogens is 184 g/mol. The largest absolute Gasteiger partial charge is 0.378 e. The Morgan fingerprint density at radius 3 is 2.07 bits per heavy atom. The van der Waals surface area contributed by atoms with Crippen LogP contribution in [0.15, 0.2) is 24.3 Å². The van der Waals surface area contributed by atoms with Gasteiger partial charge in [-0.05, 0) is 37.5 Å². The Hall–Kier alpha value is -1.26. The fourth-order valence-electron chi connectivity index (χ4n) is 1.18. The maximum Gasteiger partial charge on any atom is 0.120 e. The summed E-state index contributed by atoms with van der Waals surface area (Å²) in [4.78, 5) is 0. The van der Waals surface area contributed by atoms with Gasteiger partial charge < -0.3 is 5.11 Å². The smallest absolute Gasteiger partial charge is 0.120 e. The van der Waals surface area contributed by atoms with Gasteiger partial charge in [0.05, 0.1) is 0 Å². The molecule has 0 fully saturated rings. The van der Waals surface area contributed by atoms with Crippen molar-refractivity contribution in [1.82, 2.24) is 0 Å². The summed E-state index contributed by atoms with van der Waals surface area (Å²) in [5.74, 6) is 6.29. The Morgan fingerprint density at radius 1 is 1.13 bits per heavy atom. The maximum absolute atomic E-state index is 9.45. The van der Waals surface area contributed by atoms with Crippen LogP contribution >= 0.6 is 0 Å². The minimum atomic E-state index is -0.920. The van der Waals surface area contributed by atoms with E-state index in [-0.39, 0.29) is 0 Å². The second kappa shape index (κ2) is 4.51. The molecule has 0 atom stereocenters. The molecule has 1 nitrogen and oxygen atoms in total. The molecule has 1 aromatic rings. The molecule has 15 heavy (non-hydrogen) atoms. The average molecular weight is 202 g/mol. The molecule has 1 heteroatoms. The van der Waals surface area contributed by atoms with Crippen LogP contribution in [0.4, 0.5) is 0 Å². The molecule has 0 spiro atoms. The summed E-state index contributed by atoms with van der Waals surface area (Å²) in [7, 11) is 0. The van der Waals surface area contributed by atoms with E-state index in [1.54, 1.807) is 13.8 Å². The first-order valence-electron chi connectivity index (χ1n) is 5.24. The van der Waals surface area contributed by atoms with Gasteiger partial charge in [-0.1, -0.05) is 37.8 Å². The summed E-state index contributed by atoms with van der Waals surface area (Å²) in [5, 5.41) is 9.45. The van der Waals surface area contributed by atoms with Crippen LogP contribution in [0.25, 0.3) is 0 Å². The highest BCUT2D eigenvalue weighted by molar-refractivity contribution is 5.38. The van der Waals surface area contributed by atoms with E-state index in [1.165, 1.54) is 5.56 Å². The Kier molecular flexibility index (Phi) is 3.55. The Balaban J connectivity index is 2.85. The van der Waals surface area contributed by atoms with E-state index in [0.717, 1.165) is 5.56 Å². The number of hydrogen-bond acceptors (Lipinski definition) is 1. The highest BCUT2D eigenvalue weighted by Gasteiger charge is 2.05. The molecule has 0 saturated carbocycles. The van der Waals surface area contributed by atoms with Crippen molar-refractivity contribution in [2.45, 2.75) is 39.2 Å². The maximum atomic E-state index is 9.45. The summed E-state index contributed by atoms with van der Waals surface area (Å²) in [5.41, 5.74) is 1.34. The lowest BCUT2D eigenvalue weighted by atomic mass is 10.0. The molecule has 0 aliphatic rings. The van der Waals surface area contributed by atoms with Gasteiger partial charge in [-0.15, -0.1) is 0 Å². The zero-order chi connectivity index (χ0) is 11.5. The predicted molar refractivity (Wildman–Crippen MR) is 63.7 cm³/mol. The third-order valence-electron chi connectivity index (χ3n) is 2.09. The van der Waals surface area contributed by atoms with Gasteiger partial charge >= 0.3 is 0 Å². The Bertz CT molecular complexity index is 369. The third kappa shape index (κ3) is 4.18. The van der Waals surface area contributed by atoms with E-state index in [9.17, 15) is 5.11 Å². The molecule has 0 bridgehead atoms. The van der Waals surface area contributed by atoms with Crippen LogP contribution in [0.3, 0.4) is 0 Å². The van der Waals surface area contributed by atoms with E-state index in [0.29, 0.717) is 5.92 Å². The molecule has 1 rings (SSSR count). The third-order valence-corrected chi connectivity index (χ3v) is 2.09. The van der Waals surface area contributed by atoms with Crippen LogP contribution in [0.2, 0.25) is 0 Å². The average Bonchev–Trinajstić information content (AvgIpc) is 2.14. The topological polar surface area (TPSA) is 20.2 Å². The van der Waals surface area contributed by atoms with E-state index < -0.39 is 5.60 Å². The van der Waals surface area contributed by atoms with Crippen LogP contribution < -0.4 is 0 Å². The van der Waals surface area contributed by atoms with E-state index in [1.807, 2.05) is 12.1 Å². The standard InChI is InChI=1S/C14H18O/c1-11(2)13-7-5-12(6-8-13)9-10-14(3,4)15/h5-8,11,15H,1-4H3. The second-order valence-corrected chi connectivity index (χ2v) is 4.59. The summed E-state index contributed by atoms with van der Waals surface area (Å²) in [6.45, 7) is 7.69. The predicted octanol–water partition coefficient (Wildman–Crippen LogP) is 2.93. The van der Waals surface area contributed by atoms with Crippen LogP contribution in [0, 0.1) is 11.8 Å². The van der Waals surface area contributed by atoms with Gasteiger partial charge in [-0.3, -0.25) is 0 Å². The zero-order valence-corrected chi connectivity index (χ0v) is 9.83. The first-order chi connectivity index (χ1) is 6.88. The van der Waals surface area contributed by atoms with Crippen LogP contribution in [0.5, 0.6) is 0 Å². The summed E-state index contributed by atoms with van der Waals surface area (Å²) < 4.78 is 0. The number of hydrogen-bond donors (Lipinski definition) is 1. The summed E-state index contributed by atoms with van der Waals surface area (Å²) in [6, 6.07) is 8.15. The van der Waals surface area contributed by atoms with E-state index in [4.69, 9.17) is 0 Å². The van der Waals surface area contributed by atoms with Crippen molar-refractivity contribution in [3.8, 4) is 11.8 Å². The fraction of sp³-hybridized carbons (Fsp3) is 0.429. The normalized spacial score (nSPS) is 11.1. The molecule has 0 aliphatic carbocycles. The minimum Gasteiger partial charge on any atom is -0.378 e. The molecule has 1 aromatic carbocycles. The lowest BCUT2D eigenvalue weighted by Crippen LogP contribution is -2.14. The molecule has 0 unspecified atom stereocenters. The van der Waals surface area contributed by atoms with E-state index >= 15 is 0 Å². The number of benzene rings is 1. The molecule has 1 N–H and O–H groups in total. The first kappa shape index (κ1) is 11.8. The van der Waals surface area contributed by atoms with Gasteiger partial charge in [-0.25, -0.2) is 0 Å². The molecule has 0 amide bonds. The minimum absolute atomic E-state index is 0.543.